The fourth-order valence-corrected chi connectivity index (χ4v) is 9.52. The summed E-state index contributed by atoms with van der Waals surface area (Å²) in [6, 6.07) is 46.2. The van der Waals surface area contributed by atoms with Gasteiger partial charge < -0.3 is 37.9 Å². The Morgan fingerprint density at radius 3 is 1.25 bits per heavy atom. The normalized spacial score (nSPS) is 14.8. The quantitative estimate of drug-likeness (QED) is 0.0349. The predicted octanol–water partition coefficient (Wildman–Crippen LogP) is 13.6. The van der Waals surface area contributed by atoms with Gasteiger partial charge in [-0.25, -0.2) is 9.59 Å². The maximum Gasteiger partial charge on any atom is 0.343 e. The molecule has 0 amide bonds. The van der Waals surface area contributed by atoms with E-state index in [0.717, 1.165) is 133 Å². The van der Waals surface area contributed by atoms with Crippen LogP contribution in [0.25, 0.3) is 54.2 Å². The Balaban J connectivity index is 0.827. The van der Waals surface area contributed by atoms with Crippen molar-refractivity contribution in [3.05, 3.63) is 157 Å². The minimum atomic E-state index is -0.514. The first-order chi connectivity index (χ1) is 35.3. The number of carbonyl (C=O) groups is 2. The molecule has 370 valence electrons. The van der Waals surface area contributed by atoms with Gasteiger partial charge in [-0.1, -0.05) is 98.8 Å². The fraction of sp³-hybridized carbons (Fsp3) is 0.323. The van der Waals surface area contributed by atoms with Crippen LogP contribution in [0.4, 0.5) is 0 Å². The van der Waals surface area contributed by atoms with E-state index in [0.29, 0.717) is 60.2 Å². The van der Waals surface area contributed by atoms with Gasteiger partial charge in [-0.2, -0.15) is 0 Å². The van der Waals surface area contributed by atoms with Gasteiger partial charge in [0.2, 0.25) is 0 Å². The van der Waals surface area contributed by atoms with E-state index in [9.17, 15) is 9.59 Å². The maximum atomic E-state index is 14.2. The number of hydrogen-bond acceptors (Lipinski definition) is 10. The Morgan fingerprint density at radius 1 is 0.444 bits per heavy atom. The highest BCUT2D eigenvalue weighted by Gasteiger charge is 2.37. The summed E-state index contributed by atoms with van der Waals surface area (Å²) in [5.41, 5.74) is 2.47. The van der Waals surface area contributed by atoms with Crippen molar-refractivity contribution < 1.29 is 47.5 Å². The van der Waals surface area contributed by atoms with E-state index in [2.05, 4.69) is 13.8 Å². The third-order valence-electron chi connectivity index (χ3n) is 14.4. The Morgan fingerprint density at radius 2 is 0.833 bits per heavy atom. The lowest BCUT2D eigenvalue weighted by molar-refractivity contribution is -0.150. The summed E-state index contributed by atoms with van der Waals surface area (Å²) in [6.45, 7) is 11.6. The molecule has 8 aromatic carbocycles. The molecule has 0 unspecified atom stereocenters. The van der Waals surface area contributed by atoms with Gasteiger partial charge in [-0.15, -0.1) is 0 Å². The molecule has 2 saturated heterocycles. The number of unbranched alkanes of at least 4 members (excludes halogenated alkanes) is 2. The van der Waals surface area contributed by atoms with Gasteiger partial charge in [0.1, 0.15) is 23.0 Å². The summed E-state index contributed by atoms with van der Waals surface area (Å²) in [6.07, 6.45) is 5.75. The third kappa shape index (κ3) is 11.0. The second-order valence-electron chi connectivity index (χ2n) is 19.5. The van der Waals surface area contributed by atoms with Crippen LogP contribution in [0.2, 0.25) is 0 Å². The molecule has 10 rings (SSSR count). The van der Waals surface area contributed by atoms with Crippen molar-refractivity contribution in [3.63, 3.8) is 0 Å². The SMILES string of the molecule is CCC1(COCCCCOc2ccc3cc(C(=O)Oc4ccc5ccccc5c4-c4c(OC(=O)c5ccc6cc(OCCCCOCC7(CC)COC7)ccc6c5)ccc5ccccc45)ccc3c2)COC1. The molecule has 0 aromatic heterocycles. The molecule has 8 aromatic rings. The number of hydrogen-bond donors (Lipinski definition) is 0. The maximum absolute atomic E-state index is 14.2. The summed E-state index contributed by atoms with van der Waals surface area (Å²) in [4.78, 5) is 28.4. The van der Waals surface area contributed by atoms with Crippen molar-refractivity contribution in [2.24, 2.45) is 10.8 Å². The van der Waals surface area contributed by atoms with Crippen LogP contribution in [0.5, 0.6) is 23.0 Å². The molecule has 0 spiro atoms. The lowest BCUT2D eigenvalue weighted by Crippen LogP contribution is -2.45. The first kappa shape index (κ1) is 48.8. The third-order valence-corrected chi connectivity index (χ3v) is 14.4. The molecule has 2 heterocycles. The van der Waals surface area contributed by atoms with E-state index in [1.807, 2.05) is 133 Å². The van der Waals surface area contributed by atoms with Gasteiger partial charge in [0.05, 0.1) is 64.0 Å². The second kappa shape index (κ2) is 22.3. The van der Waals surface area contributed by atoms with Crippen LogP contribution in [0.3, 0.4) is 0 Å². The van der Waals surface area contributed by atoms with Crippen molar-refractivity contribution >= 4 is 55.0 Å². The molecule has 0 bridgehead atoms. The second-order valence-corrected chi connectivity index (χ2v) is 19.5. The van der Waals surface area contributed by atoms with E-state index in [4.69, 9.17) is 37.9 Å². The fourth-order valence-electron chi connectivity index (χ4n) is 9.52. The Hall–Kier alpha value is -6.82. The van der Waals surface area contributed by atoms with E-state index in [1.165, 1.54) is 0 Å². The Kier molecular flexibility index (Phi) is 15.1. The van der Waals surface area contributed by atoms with Crippen LogP contribution in [0.15, 0.2) is 146 Å². The number of esters is 2. The summed E-state index contributed by atoms with van der Waals surface area (Å²) in [5, 5.41) is 7.21. The Labute approximate surface area is 421 Å². The minimum absolute atomic E-state index is 0.197. The summed E-state index contributed by atoms with van der Waals surface area (Å²) >= 11 is 0. The van der Waals surface area contributed by atoms with Crippen LogP contribution in [0, 0.1) is 10.8 Å². The molecule has 0 N–H and O–H groups in total. The number of fused-ring (bicyclic) bond motifs is 4. The average Bonchev–Trinajstić information content (AvgIpc) is 3.39. The summed E-state index contributed by atoms with van der Waals surface area (Å²) in [7, 11) is 0. The molecule has 2 aliphatic heterocycles. The van der Waals surface area contributed by atoms with Gasteiger partial charge >= 0.3 is 11.9 Å². The van der Waals surface area contributed by atoms with Gasteiger partial charge in [0, 0.05) is 35.2 Å². The summed E-state index contributed by atoms with van der Waals surface area (Å²) < 4.78 is 47.6. The first-order valence-electron chi connectivity index (χ1n) is 25.4. The highest BCUT2D eigenvalue weighted by atomic mass is 16.5. The molecule has 72 heavy (non-hydrogen) atoms. The molecular formula is C62H62O10. The van der Waals surface area contributed by atoms with Crippen LogP contribution in [-0.2, 0) is 18.9 Å². The topological polar surface area (TPSA) is 108 Å². The minimum Gasteiger partial charge on any atom is -0.494 e. The molecule has 2 fully saturated rings. The molecule has 10 heteroatoms. The van der Waals surface area contributed by atoms with Crippen molar-refractivity contribution in [2.75, 3.05) is 66.1 Å². The zero-order chi connectivity index (χ0) is 49.3. The number of carbonyl (C=O) groups excluding carboxylic acids is 2. The van der Waals surface area contributed by atoms with Gasteiger partial charge in [0.25, 0.3) is 0 Å². The van der Waals surface area contributed by atoms with Crippen molar-refractivity contribution in [1.29, 1.82) is 0 Å². The largest absolute Gasteiger partial charge is 0.494 e. The molecule has 2 aliphatic rings. The van der Waals surface area contributed by atoms with E-state index in [-0.39, 0.29) is 10.8 Å². The molecule has 0 radical (unpaired) electrons. The molecule has 0 saturated carbocycles. The molecular weight excluding hydrogens is 905 g/mol. The lowest BCUT2D eigenvalue weighted by Gasteiger charge is -2.40. The number of ether oxygens (including phenoxy) is 8. The van der Waals surface area contributed by atoms with Crippen molar-refractivity contribution in [2.45, 2.75) is 52.4 Å². The van der Waals surface area contributed by atoms with Crippen LogP contribution in [-0.4, -0.2) is 78.0 Å². The predicted molar refractivity (Wildman–Crippen MR) is 283 cm³/mol. The van der Waals surface area contributed by atoms with Crippen LogP contribution < -0.4 is 18.9 Å². The monoisotopic (exact) mass is 966 g/mol. The number of rotatable bonds is 23. The Bertz CT molecular complexity index is 2980. The molecule has 0 atom stereocenters. The highest BCUT2D eigenvalue weighted by molar-refractivity contribution is 6.11. The molecule has 0 aliphatic carbocycles. The first-order valence-corrected chi connectivity index (χ1v) is 25.4. The lowest BCUT2D eigenvalue weighted by atomic mass is 9.84. The summed E-state index contributed by atoms with van der Waals surface area (Å²) in [5.74, 6) is 1.19. The van der Waals surface area contributed by atoms with E-state index < -0.39 is 11.9 Å². The van der Waals surface area contributed by atoms with Crippen molar-refractivity contribution in [1.82, 2.24) is 0 Å². The smallest absolute Gasteiger partial charge is 0.343 e. The van der Waals surface area contributed by atoms with Crippen LogP contribution in [0.1, 0.15) is 73.1 Å². The zero-order valence-corrected chi connectivity index (χ0v) is 41.3. The van der Waals surface area contributed by atoms with E-state index >= 15 is 0 Å². The van der Waals surface area contributed by atoms with E-state index in [1.54, 1.807) is 12.1 Å². The highest BCUT2D eigenvalue weighted by Crippen LogP contribution is 2.46. The van der Waals surface area contributed by atoms with Gasteiger partial charge in [-0.3, -0.25) is 0 Å². The number of benzene rings is 8. The van der Waals surface area contributed by atoms with Gasteiger partial charge in [0.15, 0.2) is 0 Å². The average molecular weight is 967 g/mol. The zero-order valence-electron chi connectivity index (χ0n) is 41.3. The van der Waals surface area contributed by atoms with Crippen LogP contribution >= 0.6 is 0 Å². The van der Waals surface area contributed by atoms with Crippen molar-refractivity contribution in [3.8, 4) is 34.1 Å². The molecule has 10 nitrogen and oxygen atoms in total. The van der Waals surface area contributed by atoms with Gasteiger partial charge in [-0.05, 0) is 142 Å². The standard InChI is InChI=1S/C62H62O10/c1-3-61(39-67-40-61)37-65-29-9-11-31-69-51-25-21-45-33-49(19-17-47(45)35-51)59(63)71-55-27-23-43-13-5-7-15-53(43)57(55)58-54-16-8-6-14-44(54)24-28-56(58)72-60(64)50-20-18-48-36-52(26-22-46(48)34-50)70-32-12-10-30-66-38-62(4-2)41-68-42-62/h5-8,13-28,33-36H,3-4,9-12,29-32,37-42H2,1-2H3.